The van der Waals surface area contributed by atoms with Gasteiger partial charge in [-0.25, -0.2) is 4.79 Å². The summed E-state index contributed by atoms with van der Waals surface area (Å²) < 4.78 is 13.4. The lowest BCUT2D eigenvalue weighted by Crippen LogP contribution is -2.72. The second-order valence-corrected chi connectivity index (χ2v) is 12.8. The van der Waals surface area contributed by atoms with Crippen molar-refractivity contribution in [1.29, 1.82) is 0 Å². The summed E-state index contributed by atoms with van der Waals surface area (Å²) >= 11 is 0. The highest BCUT2D eigenvalue weighted by Crippen LogP contribution is 2.68. The van der Waals surface area contributed by atoms with Crippen molar-refractivity contribution in [3.8, 4) is 17.2 Å². The van der Waals surface area contributed by atoms with E-state index < -0.39 is 52.2 Å². The third-order valence-electron chi connectivity index (χ3n) is 9.40. The van der Waals surface area contributed by atoms with Crippen LogP contribution in [0.4, 0.5) is 0 Å². The number of carbonyl (C=O) groups is 3. The first-order valence-electron chi connectivity index (χ1n) is 14.2. The number of rotatable bonds is 8. The van der Waals surface area contributed by atoms with Gasteiger partial charge in [-0.2, -0.15) is 0 Å². The number of benzene rings is 1. The molecule has 0 amide bonds. The second-order valence-electron chi connectivity index (χ2n) is 12.8. The predicted octanol–water partition coefficient (Wildman–Crippen LogP) is 4.51. The van der Waals surface area contributed by atoms with Gasteiger partial charge in [-0.05, 0) is 54.4 Å². The molecule has 9 nitrogen and oxygen atoms in total. The van der Waals surface area contributed by atoms with Gasteiger partial charge < -0.3 is 29.9 Å². The third-order valence-corrected chi connectivity index (χ3v) is 9.40. The fourth-order valence-corrected chi connectivity index (χ4v) is 7.20. The largest absolute Gasteiger partial charge is 0.507 e. The minimum atomic E-state index is -1.73. The van der Waals surface area contributed by atoms with E-state index in [0.29, 0.717) is 12.0 Å². The number of allylic oxidation sites excluding steroid dienone is 3. The van der Waals surface area contributed by atoms with E-state index in [4.69, 9.17) is 9.47 Å². The summed E-state index contributed by atoms with van der Waals surface area (Å²) in [5, 5.41) is 43.3. The van der Waals surface area contributed by atoms with Crippen molar-refractivity contribution in [1.82, 2.24) is 0 Å². The van der Waals surface area contributed by atoms with Gasteiger partial charge in [-0.15, -0.1) is 0 Å². The van der Waals surface area contributed by atoms with Crippen LogP contribution in [0.25, 0.3) is 0 Å². The Labute approximate surface area is 244 Å². The molecule has 2 aliphatic heterocycles. The molecule has 1 unspecified atom stereocenters. The number of aliphatic hydroxyl groups excluding tert-OH is 1. The molecule has 5 aliphatic rings. The number of phenols is 2. The number of hydrogen-bond acceptors (Lipinski definition) is 8. The molecule has 1 aromatic rings. The van der Waals surface area contributed by atoms with Crippen LogP contribution >= 0.6 is 0 Å². The number of aliphatic carboxylic acids is 1. The van der Waals surface area contributed by atoms with Crippen molar-refractivity contribution in [3.63, 3.8) is 0 Å². The van der Waals surface area contributed by atoms with E-state index in [1.165, 1.54) is 13.0 Å². The molecule has 4 N–H and O–H groups in total. The van der Waals surface area contributed by atoms with Gasteiger partial charge in [-0.3, -0.25) is 9.59 Å². The number of Topliss-reactive ketones (excluding diaryl/α,β-unsaturated/α-hetero) is 2. The van der Waals surface area contributed by atoms with Gasteiger partial charge >= 0.3 is 5.97 Å². The zero-order valence-electron chi connectivity index (χ0n) is 24.8. The van der Waals surface area contributed by atoms with Crippen LogP contribution in [-0.2, 0) is 27.2 Å². The van der Waals surface area contributed by atoms with Crippen LogP contribution in [0.2, 0.25) is 0 Å². The molecule has 3 aliphatic carbocycles. The van der Waals surface area contributed by atoms with E-state index >= 15 is 0 Å². The quantitative estimate of drug-likeness (QED) is 0.258. The van der Waals surface area contributed by atoms with E-state index in [-0.39, 0.29) is 64.4 Å². The maximum atomic E-state index is 14.5. The smallest absolute Gasteiger partial charge is 0.330 e. The predicted molar refractivity (Wildman–Crippen MR) is 154 cm³/mol. The number of ketones is 2. The molecule has 224 valence electrons. The Morgan fingerprint density at radius 3 is 2.38 bits per heavy atom. The SMILES string of the molecule is C=C(C)C(O)Cc1c(O)c(CC=C(C)C)c(O)c2c1O[C@]13C(=C[C@H]4C[C@@H]1C(C)(C)O[C@@]3(C/C=C(\C)C(=O)O)C4=O)C2=O. The lowest BCUT2D eigenvalue weighted by molar-refractivity contribution is -0.171. The molecule has 9 heteroatoms. The van der Waals surface area contributed by atoms with Crippen molar-refractivity contribution < 1.29 is 44.3 Å². The summed E-state index contributed by atoms with van der Waals surface area (Å²) in [6, 6.07) is 0. The van der Waals surface area contributed by atoms with Crippen LogP contribution in [0, 0.1) is 11.8 Å². The fourth-order valence-electron chi connectivity index (χ4n) is 7.20. The van der Waals surface area contributed by atoms with Crippen molar-refractivity contribution in [2.24, 2.45) is 11.8 Å². The number of carbonyl (C=O) groups excluding carboxylic acids is 2. The van der Waals surface area contributed by atoms with Crippen molar-refractivity contribution in [3.05, 3.63) is 63.8 Å². The molecule has 4 bridgehead atoms. The van der Waals surface area contributed by atoms with Crippen molar-refractivity contribution in [2.45, 2.75) is 90.1 Å². The van der Waals surface area contributed by atoms with Crippen molar-refractivity contribution >= 4 is 17.5 Å². The van der Waals surface area contributed by atoms with Gasteiger partial charge in [0.15, 0.2) is 22.8 Å². The summed E-state index contributed by atoms with van der Waals surface area (Å²) in [7, 11) is 0. The van der Waals surface area contributed by atoms with Crippen LogP contribution in [0.5, 0.6) is 17.2 Å². The zero-order chi connectivity index (χ0) is 31.1. The van der Waals surface area contributed by atoms with Gasteiger partial charge in [0, 0.05) is 47.0 Å². The van der Waals surface area contributed by atoms with E-state index in [2.05, 4.69) is 6.58 Å². The molecule has 0 aromatic heterocycles. The number of carboxylic acid groups (broad SMARTS) is 1. The minimum absolute atomic E-state index is 0.0115. The number of fused-ring (bicyclic) bond motifs is 1. The standard InChI is InChI=1S/C33H38O9/c1-15(2)8-9-19-25(35)20(14-22(34)16(3)4)28-24(26(19)36)27(37)21-12-18-13-23-31(6,7)42-32(29(18)38,33(21,23)41-28)11-10-17(5)30(39)40/h8,10,12,18,22-23,34-36H,3,9,11,13-14H2,1-2,4-7H3,(H,39,40)/b17-10+/t18-,22?,23+,32-,33+/m0/s1. The summed E-state index contributed by atoms with van der Waals surface area (Å²) in [6.45, 7) is 14.2. The number of carboxylic acids is 1. The first kappa shape index (κ1) is 29.8. The number of aliphatic hydroxyl groups is 1. The van der Waals surface area contributed by atoms with E-state index in [0.717, 1.165) is 5.57 Å². The van der Waals surface area contributed by atoms with E-state index in [1.807, 2.05) is 27.7 Å². The first-order chi connectivity index (χ1) is 19.5. The highest BCUT2D eigenvalue weighted by atomic mass is 16.6. The first-order valence-corrected chi connectivity index (χ1v) is 14.2. The number of hydrogen-bond donors (Lipinski definition) is 4. The fraction of sp³-hybridized carbons (Fsp3) is 0.485. The molecule has 42 heavy (non-hydrogen) atoms. The molecule has 2 heterocycles. The van der Waals surface area contributed by atoms with Gasteiger partial charge in [-0.1, -0.05) is 36.0 Å². The highest BCUT2D eigenvalue weighted by molar-refractivity contribution is 6.18. The Kier molecular flexibility index (Phi) is 6.86. The maximum absolute atomic E-state index is 14.5. The van der Waals surface area contributed by atoms with Crippen LogP contribution < -0.4 is 4.74 Å². The topological polar surface area (TPSA) is 151 Å². The molecule has 1 saturated heterocycles. The Hall–Kier alpha value is -3.69. The molecule has 0 radical (unpaired) electrons. The molecular weight excluding hydrogens is 540 g/mol. The molecular formula is C33H38O9. The van der Waals surface area contributed by atoms with Gasteiger partial charge in [0.05, 0.1) is 11.7 Å². The Morgan fingerprint density at radius 2 is 1.79 bits per heavy atom. The van der Waals surface area contributed by atoms with Crippen LogP contribution in [0.3, 0.4) is 0 Å². The number of phenolic OH excluding ortho intramolecular Hbond substituents is 2. The molecule has 6 rings (SSSR count). The Morgan fingerprint density at radius 1 is 1.12 bits per heavy atom. The molecule has 5 atom stereocenters. The van der Waals surface area contributed by atoms with E-state index in [9.17, 15) is 34.8 Å². The molecule has 1 aromatic carbocycles. The monoisotopic (exact) mass is 578 g/mol. The van der Waals surface area contributed by atoms with Gasteiger partial charge in [0.25, 0.3) is 0 Å². The summed E-state index contributed by atoms with van der Waals surface area (Å²) in [5.74, 6) is -4.02. The molecule has 1 spiro atoms. The molecule has 2 fully saturated rings. The average molecular weight is 579 g/mol. The van der Waals surface area contributed by atoms with Crippen LogP contribution in [-0.4, -0.2) is 60.9 Å². The van der Waals surface area contributed by atoms with Crippen LogP contribution in [0.15, 0.2) is 47.1 Å². The summed E-state index contributed by atoms with van der Waals surface area (Å²) in [6.07, 6.45) is 3.89. The lowest BCUT2D eigenvalue weighted by Gasteiger charge is -2.56. The minimum Gasteiger partial charge on any atom is -0.507 e. The normalized spacial score (nSPS) is 29.3. The lowest BCUT2D eigenvalue weighted by atomic mass is 9.51. The van der Waals surface area contributed by atoms with Gasteiger partial charge in [0.2, 0.25) is 0 Å². The number of aromatic hydroxyl groups is 2. The van der Waals surface area contributed by atoms with Gasteiger partial charge in [0.1, 0.15) is 22.8 Å². The third kappa shape index (κ3) is 3.93. The maximum Gasteiger partial charge on any atom is 0.330 e. The van der Waals surface area contributed by atoms with Crippen molar-refractivity contribution in [2.75, 3.05) is 0 Å². The Bertz CT molecular complexity index is 1540. The van der Waals surface area contributed by atoms with E-state index in [1.54, 1.807) is 19.1 Å². The number of ether oxygens (including phenoxy) is 2. The Balaban J connectivity index is 1.81. The average Bonchev–Trinajstić information content (AvgIpc) is 3.06. The molecule has 1 saturated carbocycles. The zero-order valence-corrected chi connectivity index (χ0v) is 24.8. The summed E-state index contributed by atoms with van der Waals surface area (Å²) in [4.78, 5) is 40.3. The second kappa shape index (κ2) is 9.67. The highest BCUT2D eigenvalue weighted by Gasteiger charge is 2.81. The summed E-state index contributed by atoms with van der Waals surface area (Å²) in [5.41, 5.74) is -2.68. The van der Waals surface area contributed by atoms with Crippen LogP contribution in [0.1, 0.15) is 75.9 Å².